The SMILES string of the molecule is CC/C=C\C/C=C\C/C=C\C/C=C\C=C/C(O)C/C=C\CCC(=O)OC[C@H](COP(=O)([O-])OCC[N+](C)(C)C)OC(=O)CC/C=C\C/C=C\C/C=C\C/C=C\C/C=C\CCCCC. The summed E-state index contributed by atoms with van der Waals surface area (Å²) in [6.07, 6.45) is 56.7. The molecule has 0 saturated heterocycles. The molecule has 0 radical (unpaired) electrons. The summed E-state index contributed by atoms with van der Waals surface area (Å²) in [6.45, 7) is 3.76. The van der Waals surface area contributed by atoms with Crippen molar-refractivity contribution in [2.24, 2.45) is 0 Å². The lowest BCUT2D eigenvalue weighted by Crippen LogP contribution is -2.37. The van der Waals surface area contributed by atoms with Gasteiger partial charge < -0.3 is 33.0 Å². The molecule has 0 aliphatic carbocycles. The Morgan fingerprint density at radius 2 is 1.10 bits per heavy atom. The Bertz CT molecular complexity index is 1540. The second kappa shape index (κ2) is 42.1. The number of phosphoric acid groups is 1. The number of carbonyl (C=O) groups is 2. The van der Waals surface area contributed by atoms with E-state index in [0.717, 1.165) is 51.4 Å². The molecule has 2 unspecified atom stereocenters. The summed E-state index contributed by atoms with van der Waals surface area (Å²) in [6, 6.07) is 0. The molecule has 0 saturated carbocycles. The Kier molecular flexibility index (Phi) is 39.5. The third-order valence-corrected chi connectivity index (χ3v) is 9.73. The molecule has 0 amide bonds. The highest BCUT2D eigenvalue weighted by Crippen LogP contribution is 2.38. The Morgan fingerprint density at radius 3 is 1.63 bits per heavy atom. The van der Waals surface area contributed by atoms with Crippen LogP contribution in [0.15, 0.2) is 134 Å². The van der Waals surface area contributed by atoms with Crippen LogP contribution in [-0.4, -0.2) is 81.2 Å². The minimum Gasteiger partial charge on any atom is -0.756 e. The first-order valence-electron chi connectivity index (χ1n) is 23.0. The fourth-order valence-electron chi connectivity index (χ4n) is 5.16. The average Bonchev–Trinajstić information content (AvgIpc) is 3.23. The number of hydrogen-bond acceptors (Lipinski definition) is 9. The maximum atomic E-state index is 12.7. The number of quaternary nitrogens is 1. The van der Waals surface area contributed by atoms with E-state index in [1.807, 2.05) is 51.5 Å². The van der Waals surface area contributed by atoms with Crippen molar-refractivity contribution in [2.75, 3.05) is 47.5 Å². The van der Waals surface area contributed by atoms with Crippen LogP contribution in [0.3, 0.4) is 0 Å². The summed E-state index contributed by atoms with van der Waals surface area (Å²) in [4.78, 5) is 37.6. The van der Waals surface area contributed by atoms with Crippen molar-refractivity contribution >= 4 is 19.8 Å². The zero-order valence-corrected chi connectivity index (χ0v) is 40.2. The number of esters is 2. The molecule has 11 heteroatoms. The zero-order valence-electron chi connectivity index (χ0n) is 39.3. The van der Waals surface area contributed by atoms with Crippen LogP contribution in [0.2, 0.25) is 0 Å². The second-order valence-corrected chi connectivity index (χ2v) is 17.3. The lowest BCUT2D eigenvalue weighted by atomic mass is 10.2. The number of aliphatic hydroxyl groups excluding tert-OH is 1. The largest absolute Gasteiger partial charge is 0.756 e. The number of likely N-dealkylation sites (N-methyl/N-ethyl adjacent to an activating group) is 1. The summed E-state index contributed by atoms with van der Waals surface area (Å²) in [7, 11) is 1.000. The molecule has 0 aliphatic heterocycles. The number of aliphatic hydroxyl groups is 1. The predicted molar refractivity (Wildman–Crippen MR) is 260 cm³/mol. The van der Waals surface area contributed by atoms with Gasteiger partial charge in [-0.25, -0.2) is 0 Å². The Morgan fingerprint density at radius 1 is 0.603 bits per heavy atom. The van der Waals surface area contributed by atoms with E-state index >= 15 is 0 Å². The van der Waals surface area contributed by atoms with Crippen molar-refractivity contribution in [3.63, 3.8) is 0 Å². The third kappa shape index (κ3) is 45.9. The average molecular weight is 896 g/mol. The van der Waals surface area contributed by atoms with Gasteiger partial charge in [0, 0.05) is 12.8 Å². The highest BCUT2D eigenvalue weighted by atomic mass is 31.2. The maximum Gasteiger partial charge on any atom is 0.306 e. The van der Waals surface area contributed by atoms with Crippen molar-refractivity contribution in [2.45, 2.75) is 135 Å². The van der Waals surface area contributed by atoms with Crippen molar-refractivity contribution in [3.8, 4) is 0 Å². The minimum atomic E-state index is -4.70. The molecule has 0 bridgehead atoms. The predicted octanol–water partition coefficient (Wildman–Crippen LogP) is 11.8. The van der Waals surface area contributed by atoms with E-state index in [-0.39, 0.29) is 26.1 Å². The summed E-state index contributed by atoms with van der Waals surface area (Å²) in [5.41, 5.74) is 0. The highest BCUT2D eigenvalue weighted by Gasteiger charge is 2.21. The van der Waals surface area contributed by atoms with Crippen molar-refractivity contribution in [3.05, 3.63) is 134 Å². The molecule has 354 valence electrons. The molecule has 0 heterocycles. The number of carbonyl (C=O) groups excluding carboxylic acids is 2. The molecule has 0 aromatic rings. The van der Waals surface area contributed by atoms with Gasteiger partial charge in [-0.05, 0) is 83.5 Å². The van der Waals surface area contributed by atoms with E-state index in [2.05, 4.69) is 98.9 Å². The van der Waals surface area contributed by atoms with Gasteiger partial charge in [-0.2, -0.15) is 0 Å². The van der Waals surface area contributed by atoms with Crippen molar-refractivity contribution in [1.82, 2.24) is 0 Å². The van der Waals surface area contributed by atoms with Gasteiger partial charge in [0.15, 0.2) is 6.10 Å². The fraction of sp³-hybridized carbons (Fsp3) is 0.538. The maximum absolute atomic E-state index is 12.7. The normalized spacial score (nSPS) is 15.2. The summed E-state index contributed by atoms with van der Waals surface area (Å²) < 4.78 is 33.7. The number of unbranched alkanes of at least 4 members (excludes halogenated alkanes) is 3. The van der Waals surface area contributed by atoms with Crippen LogP contribution in [0, 0.1) is 0 Å². The van der Waals surface area contributed by atoms with Gasteiger partial charge in [0.2, 0.25) is 0 Å². The molecular formula is C52H82NO9P. The molecule has 0 fully saturated rings. The Labute approximate surface area is 382 Å². The lowest BCUT2D eigenvalue weighted by Gasteiger charge is -2.28. The van der Waals surface area contributed by atoms with Crippen molar-refractivity contribution in [1.29, 1.82) is 0 Å². The number of hydrogen-bond donors (Lipinski definition) is 1. The van der Waals surface area contributed by atoms with Gasteiger partial charge in [-0.1, -0.05) is 160 Å². The number of ether oxygens (including phenoxy) is 2. The van der Waals surface area contributed by atoms with Gasteiger partial charge in [0.1, 0.15) is 19.8 Å². The summed E-state index contributed by atoms with van der Waals surface area (Å²) in [5.74, 6) is -1.13. The number of allylic oxidation sites excluding steroid dienone is 20. The van der Waals surface area contributed by atoms with E-state index in [4.69, 9.17) is 18.5 Å². The van der Waals surface area contributed by atoms with E-state index in [1.54, 1.807) is 18.2 Å². The quantitative estimate of drug-likeness (QED) is 0.0160. The smallest absolute Gasteiger partial charge is 0.306 e. The van der Waals surface area contributed by atoms with E-state index < -0.39 is 38.6 Å². The Hall–Kier alpha value is -3.89. The third-order valence-electron chi connectivity index (χ3n) is 8.76. The van der Waals surface area contributed by atoms with Gasteiger partial charge in [0.05, 0.1) is 33.9 Å². The van der Waals surface area contributed by atoms with Crippen LogP contribution in [0.25, 0.3) is 0 Å². The standard InChI is InChI=1S/C52H82NO9P/c1-6-8-10-12-14-16-18-20-21-22-23-24-25-27-29-31-33-35-39-44-52(56)62-50(48-61-63(57,58)60-46-45-53(3,4)5)47-59-51(55)43-40-36-38-42-49(54)41-37-34-32-30-28-26-19-17-15-13-11-9-7-2/h9,11,14-17,20-21,23-24,26-29,32-38,41,49-50,54H,6-8,10,12-13,18-19,22,25,30-31,39-40,42-48H2,1-5H3/b11-9-,16-14-,17-15-,21-20-,24-23-,28-26-,29-27-,34-32-,35-33-,38-36-,41-37-/t49?,50-/m1/s1. The molecular weight excluding hydrogens is 814 g/mol. The molecule has 1 N–H and O–H groups in total. The topological polar surface area (TPSA) is 131 Å². The van der Waals surface area contributed by atoms with Crippen molar-refractivity contribution < 1.29 is 47.2 Å². The van der Waals surface area contributed by atoms with Crippen LogP contribution in [-0.2, 0) is 32.7 Å². The molecule has 63 heavy (non-hydrogen) atoms. The van der Waals surface area contributed by atoms with Gasteiger partial charge >= 0.3 is 11.9 Å². The van der Waals surface area contributed by atoms with Gasteiger partial charge in [0.25, 0.3) is 7.82 Å². The highest BCUT2D eigenvalue weighted by molar-refractivity contribution is 7.45. The first-order chi connectivity index (χ1) is 30.4. The van der Waals surface area contributed by atoms with E-state index in [0.29, 0.717) is 30.3 Å². The van der Waals surface area contributed by atoms with Gasteiger partial charge in [-0.3, -0.25) is 14.2 Å². The molecule has 0 aromatic heterocycles. The van der Waals surface area contributed by atoms with Crippen LogP contribution < -0.4 is 4.89 Å². The summed E-state index contributed by atoms with van der Waals surface area (Å²) in [5, 5.41) is 10.2. The van der Waals surface area contributed by atoms with E-state index in [1.165, 1.54) is 25.7 Å². The summed E-state index contributed by atoms with van der Waals surface area (Å²) >= 11 is 0. The van der Waals surface area contributed by atoms with Crippen LogP contribution >= 0.6 is 7.82 Å². The molecule has 3 atom stereocenters. The Balaban J connectivity index is 4.69. The first kappa shape index (κ1) is 59.1. The lowest BCUT2D eigenvalue weighted by molar-refractivity contribution is -0.870. The first-order valence-corrected chi connectivity index (χ1v) is 24.5. The number of nitrogens with zero attached hydrogens (tertiary/aromatic N) is 1. The number of phosphoric ester groups is 1. The monoisotopic (exact) mass is 896 g/mol. The van der Waals surface area contributed by atoms with E-state index in [9.17, 15) is 24.2 Å². The molecule has 0 aliphatic rings. The molecule has 10 nitrogen and oxygen atoms in total. The molecule has 0 spiro atoms. The van der Waals surface area contributed by atoms with Gasteiger partial charge in [-0.15, -0.1) is 0 Å². The fourth-order valence-corrected chi connectivity index (χ4v) is 5.89. The van der Waals surface area contributed by atoms with Crippen LogP contribution in [0.5, 0.6) is 0 Å². The minimum absolute atomic E-state index is 0.0460. The van der Waals surface area contributed by atoms with Crippen LogP contribution in [0.4, 0.5) is 0 Å². The molecule has 0 rings (SSSR count). The second-order valence-electron chi connectivity index (χ2n) is 15.9. The number of rotatable bonds is 39. The molecule has 0 aromatic carbocycles. The van der Waals surface area contributed by atoms with Crippen LogP contribution in [0.1, 0.15) is 123 Å². The zero-order chi connectivity index (χ0) is 46.5.